The Bertz CT molecular complexity index is 1300. The number of rotatable bonds is 6. The van der Waals surface area contributed by atoms with Gasteiger partial charge in [-0.15, -0.1) is 0 Å². The molecule has 0 fully saturated rings. The second-order valence-electron chi connectivity index (χ2n) is 8.79. The third-order valence-electron chi connectivity index (χ3n) is 6.58. The summed E-state index contributed by atoms with van der Waals surface area (Å²) in [5.41, 5.74) is 5.94. The lowest BCUT2D eigenvalue weighted by Crippen LogP contribution is -2.41. The highest BCUT2D eigenvalue weighted by Crippen LogP contribution is 2.30. The van der Waals surface area contributed by atoms with E-state index in [1.54, 1.807) is 12.1 Å². The van der Waals surface area contributed by atoms with Crippen LogP contribution in [0.3, 0.4) is 0 Å². The minimum absolute atomic E-state index is 0.0103. The maximum atomic E-state index is 14.6. The number of benzene rings is 4. The summed E-state index contributed by atoms with van der Waals surface area (Å²) in [5, 5.41) is 0.594. The van der Waals surface area contributed by atoms with Gasteiger partial charge in [-0.05, 0) is 58.9 Å². The standard InChI is InChI=1S/C30H25ClFNO/c31-26-14-15-28(21-8-2-1-3-9-21)25(16-26)19-30(34)33(20-24-12-6-7-13-29(24)32)27-17-22-10-4-5-11-23(22)18-27/h1-16,27H,17-20H2. The minimum Gasteiger partial charge on any atom is -0.334 e. The molecule has 4 heteroatoms. The summed E-state index contributed by atoms with van der Waals surface area (Å²) in [6.07, 6.45) is 1.75. The first-order valence-electron chi connectivity index (χ1n) is 11.5. The Hall–Kier alpha value is -3.43. The molecule has 170 valence electrons. The Morgan fingerprint density at radius 1 is 0.824 bits per heavy atom. The van der Waals surface area contributed by atoms with Crippen LogP contribution < -0.4 is 0 Å². The molecule has 0 saturated carbocycles. The van der Waals surface area contributed by atoms with Gasteiger partial charge in [-0.2, -0.15) is 0 Å². The smallest absolute Gasteiger partial charge is 0.227 e. The lowest BCUT2D eigenvalue weighted by Gasteiger charge is -2.30. The molecule has 0 aromatic heterocycles. The van der Waals surface area contributed by atoms with Crippen molar-refractivity contribution in [2.45, 2.75) is 31.8 Å². The summed E-state index contributed by atoms with van der Waals surface area (Å²) in [7, 11) is 0. The van der Waals surface area contributed by atoms with Crippen LogP contribution in [0, 0.1) is 5.82 Å². The van der Waals surface area contributed by atoms with Gasteiger partial charge in [0.25, 0.3) is 0 Å². The molecule has 1 aliphatic carbocycles. The van der Waals surface area contributed by atoms with Crippen LogP contribution in [0.1, 0.15) is 22.3 Å². The molecule has 4 aromatic carbocycles. The van der Waals surface area contributed by atoms with Crippen molar-refractivity contribution in [2.75, 3.05) is 0 Å². The highest BCUT2D eigenvalue weighted by Gasteiger charge is 2.30. The van der Waals surface area contributed by atoms with E-state index < -0.39 is 0 Å². The van der Waals surface area contributed by atoms with Crippen molar-refractivity contribution in [3.8, 4) is 11.1 Å². The first-order chi connectivity index (χ1) is 16.6. The molecular formula is C30H25ClFNO. The van der Waals surface area contributed by atoms with Gasteiger partial charge in [0.1, 0.15) is 5.82 Å². The zero-order chi connectivity index (χ0) is 23.5. The SMILES string of the molecule is O=C(Cc1cc(Cl)ccc1-c1ccccc1)N(Cc1ccccc1F)C1Cc2ccccc2C1. The number of amides is 1. The molecule has 0 N–H and O–H groups in total. The van der Waals surface area contributed by atoms with Crippen molar-refractivity contribution in [3.05, 3.63) is 130 Å². The Kier molecular flexibility index (Phi) is 6.46. The number of halogens is 2. The summed E-state index contributed by atoms with van der Waals surface area (Å²) >= 11 is 6.33. The highest BCUT2D eigenvalue weighted by atomic mass is 35.5. The van der Waals surface area contributed by atoms with Gasteiger partial charge < -0.3 is 4.90 Å². The van der Waals surface area contributed by atoms with Gasteiger partial charge in [-0.3, -0.25) is 4.79 Å². The van der Waals surface area contributed by atoms with Crippen molar-refractivity contribution in [1.29, 1.82) is 0 Å². The number of nitrogens with zero attached hydrogens (tertiary/aromatic N) is 1. The molecule has 1 amide bonds. The molecule has 0 spiro atoms. The van der Waals surface area contributed by atoms with Crippen LogP contribution in [0.25, 0.3) is 11.1 Å². The maximum Gasteiger partial charge on any atom is 0.227 e. The van der Waals surface area contributed by atoms with Crippen LogP contribution in [0.5, 0.6) is 0 Å². The molecule has 4 aromatic rings. The van der Waals surface area contributed by atoms with E-state index in [0.717, 1.165) is 29.5 Å². The minimum atomic E-state index is -0.288. The fraction of sp³-hybridized carbons (Fsp3) is 0.167. The van der Waals surface area contributed by atoms with E-state index in [9.17, 15) is 9.18 Å². The Balaban J connectivity index is 1.47. The molecule has 0 unspecified atom stereocenters. The summed E-state index contributed by atoms with van der Waals surface area (Å²) in [4.78, 5) is 15.7. The Morgan fingerprint density at radius 2 is 1.47 bits per heavy atom. The van der Waals surface area contributed by atoms with Crippen molar-refractivity contribution in [3.63, 3.8) is 0 Å². The van der Waals surface area contributed by atoms with Crippen LogP contribution in [0.4, 0.5) is 4.39 Å². The number of carbonyl (C=O) groups is 1. The largest absolute Gasteiger partial charge is 0.334 e. The molecule has 0 atom stereocenters. The molecule has 0 heterocycles. The molecule has 5 rings (SSSR count). The third-order valence-corrected chi connectivity index (χ3v) is 6.82. The normalized spacial score (nSPS) is 13.0. The second kappa shape index (κ2) is 9.82. The lowest BCUT2D eigenvalue weighted by molar-refractivity contribution is -0.133. The number of hydrogen-bond acceptors (Lipinski definition) is 1. The summed E-state index contributed by atoms with van der Waals surface area (Å²) in [5.74, 6) is -0.316. The summed E-state index contributed by atoms with van der Waals surface area (Å²) < 4.78 is 14.6. The van der Waals surface area contributed by atoms with Crippen molar-refractivity contribution in [1.82, 2.24) is 4.90 Å². The molecule has 0 bridgehead atoms. The van der Waals surface area contributed by atoms with E-state index in [1.807, 2.05) is 71.6 Å². The van der Waals surface area contributed by atoms with Crippen LogP contribution in [0.15, 0.2) is 97.1 Å². The highest BCUT2D eigenvalue weighted by molar-refractivity contribution is 6.30. The van der Waals surface area contributed by atoms with E-state index in [4.69, 9.17) is 11.6 Å². The van der Waals surface area contributed by atoms with Gasteiger partial charge in [0.2, 0.25) is 5.91 Å². The van der Waals surface area contributed by atoms with Gasteiger partial charge in [-0.1, -0.05) is 90.5 Å². The zero-order valence-electron chi connectivity index (χ0n) is 18.8. The molecule has 34 heavy (non-hydrogen) atoms. The molecule has 0 radical (unpaired) electrons. The summed E-state index contributed by atoms with van der Waals surface area (Å²) in [6, 6.07) is 30.7. The van der Waals surface area contributed by atoms with Crippen molar-refractivity contribution < 1.29 is 9.18 Å². The fourth-order valence-electron chi connectivity index (χ4n) is 4.86. The lowest BCUT2D eigenvalue weighted by atomic mass is 9.97. The molecule has 0 aliphatic heterocycles. The van der Waals surface area contributed by atoms with Crippen LogP contribution in [-0.2, 0) is 30.6 Å². The predicted octanol–water partition coefficient (Wildman–Crippen LogP) is 6.88. The topological polar surface area (TPSA) is 20.3 Å². The van der Waals surface area contributed by atoms with Crippen LogP contribution in [0.2, 0.25) is 5.02 Å². The maximum absolute atomic E-state index is 14.6. The molecule has 1 aliphatic rings. The molecular weight excluding hydrogens is 445 g/mol. The monoisotopic (exact) mass is 469 g/mol. The molecule has 0 saturated heterocycles. The van der Waals surface area contributed by atoms with E-state index >= 15 is 0 Å². The van der Waals surface area contributed by atoms with Gasteiger partial charge in [-0.25, -0.2) is 4.39 Å². The first kappa shape index (κ1) is 22.4. The van der Waals surface area contributed by atoms with Gasteiger partial charge in [0, 0.05) is 23.2 Å². The van der Waals surface area contributed by atoms with Gasteiger partial charge >= 0.3 is 0 Å². The quantitative estimate of drug-likeness (QED) is 0.301. The van der Waals surface area contributed by atoms with Crippen molar-refractivity contribution >= 4 is 17.5 Å². The van der Waals surface area contributed by atoms with Gasteiger partial charge in [0.05, 0.1) is 6.42 Å². The fourth-order valence-corrected chi connectivity index (χ4v) is 5.05. The Labute approximate surface area is 204 Å². The van der Waals surface area contributed by atoms with E-state index in [-0.39, 0.29) is 30.7 Å². The number of fused-ring (bicyclic) bond motifs is 1. The van der Waals surface area contributed by atoms with Crippen LogP contribution in [-0.4, -0.2) is 16.8 Å². The van der Waals surface area contributed by atoms with Crippen LogP contribution >= 0.6 is 11.6 Å². The summed E-state index contributed by atoms with van der Waals surface area (Å²) in [6.45, 7) is 0.241. The molecule has 2 nitrogen and oxygen atoms in total. The third kappa shape index (κ3) is 4.76. The van der Waals surface area contributed by atoms with E-state index in [0.29, 0.717) is 10.6 Å². The van der Waals surface area contributed by atoms with E-state index in [1.165, 1.54) is 17.2 Å². The predicted molar refractivity (Wildman–Crippen MR) is 135 cm³/mol. The Morgan fingerprint density at radius 3 is 2.18 bits per heavy atom. The van der Waals surface area contributed by atoms with Gasteiger partial charge in [0.15, 0.2) is 0 Å². The average molecular weight is 470 g/mol. The first-order valence-corrected chi connectivity index (χ1v) is 11.9. The average Bonchev–Trinajstić information content (AvgIpc) is 3.28. The van der Waals surface area contributed by atoms with Crippen molar-refractivity contribution in [2.24, 2.45) is 0 Å². The van der Waals surface area contributed by atoms with E-state index in [2.05, 4.69) is 12.1 Å². The number of hydrogen-bond donors (Lipinski definition) is 0. The second-order valence-corrected chi connectivity index (χ2v) is 9.22. The zero-order valence-corrected chi connectivity index (χ0v) is 19.5. The number of carbonyl (C=O) groups excluding carboxylic acids is 1.